The summed E-state index contributed by atoms with van der Waals surface area (Å²) in [5.41, 5.74) is 2.40. The minimum atomic E-state index is 0.492. The number of nitrogens with zero attached hydrogens (tertiary/aromatic N) is 1. The van der Waals surface area contributed by atoms with Gasteiger partial charge in [-0.3, -0.25) is 0 Å². The second kappa shape index (κ2) is 5.17. The smallest absolute Gasteiger partial charge is 0.127 e. The molecule has 1 aromatic carbocycles. The van der Waals surface area contributed by atoms with Crippen LogP contribution in [0.4, 0.5) is 5.82 Å². The standard InChI is InChI=1S/C16H21N3/c1-11(2)17-10-12-9-16(18-13-7-8-13)19-15-6-4-3-5-14(12)15/h3-6,9,11,13,17H,7-8,10H2,1-2H3,(H,18,19). The topological polar surface area (TPSA) is 37.0 Å². The molecule has 1 aliphatic rings. The van der Waals surface area contributed by atoms with Crippen molar-refractivity contribution in [3.05, 3.63) is 35.9 Å². The van der Waals surface area contributed by atoms with Gasteiger partial charge in [0.05, 0.1) is 5.52 Å². The molecule has 0 unspecified atom stereocenters. The molecule has 0 saturated heterocycles. The molecule has 2 N–H and O–H groups in total. The lowest BCUT2D eigenvalue weighted by atomic mass is 10.1. The van der Waals surface area contributed by atoms with Gasteiger partial charge in [-0.1, -0.05) is 32.0 Å². The van der Waals surface area contributed by atoms with Gasteiger partial charge in [-0.15, -0.1) is 0 Å². The lowest BCUT2D eigenvalue weighted by Gasteiger charge is -2.13. The summed E-state index contributed by atoms with van der Waals surface area (Å²) in [4.78, 5) is 4.70. The summed E-state index contributed by atoms with van der Waals surface area (Å²) in [5, 5.41) is 8.24. The molecule has 100 valence electrons. The van der Waals surface area contributed by atoms with Gasteiger partial charge in [0.25, 0.3) is 0 Å². The first-order valence-electron chi connectivity index (χ1n) is 7.11. The van der Waals surface area contributed by atoms with Crippen LogP contribution in [0.15, 0.2) is 30.3 Å². The number of pyridine rings is 1. The normalized spacial score (nSPS) is 15.1. The van der Waals surface area contributed by atoms with Crippen molar-refractivity contribution in [2.75, 3.05) is 5.32 Å². The fraction of sp³-hybridized carbons (Fsp3) is 0.438. The van der Waals surface area contributed by atoms with E-state index in [-0.39, 0.29) is 0 Å². The van der Waals surface area contributed by atoms with E-state index in [9.17, 15) is 0 Å². The maximum atomic E-state index is 4.70. The third-order valence-corrected chi connectivity index (χ3v) is 3.43. The molecular weight excluding hydrogens is 234 g/mol. The SMILES string of the molecule is CC(C)NCc1cc(NC2CC2)nc2ccccc12. The van der Waals surface area contributed by atoms with E-state index in [0.29, 0.717) is 12.1 Å². The van der Waals surface area contributed by atoms with Crippen LogP contribution in [0, 0.1) is 0 Å². The predicted molar refractivity (Wildman–Crippen MR) is 80.4 cm³/mol. The Morgan fingerprint density at radius 1 is 1.26 bits per heavy atom. The molecule has 3 heteroatoms. The van der Waals surface area contributed by atoms with Crippen LogP contribution in [-0.4, -0.2) is 17.1 Å². The second-order valence-corrected chi connectivity index (χ2v) is 5.64. The van der Waals surface area contributed by atoms with Gasteiger partial charge < -0.3 is 10.6 Å². The Labute approximate surface area is 114 Å². The second-order valence-electron chi connectivity index (χ2n) is 5.64. The van der Waals surface area contributed by atoms with Crippen molar-refractivity contribution in [1.82, 2.24) is 10.3 Å². The van der Waals surface area contributed by atoms with Gasteiger partial charge in [-0.2, -0.15) is 0 Å². The average Bonchev–Trinajstić information content (AvgIpc) is 3.19. The van der Waals surface area contributed by atoms with Crippen LogP contribution in [0.1, 0.15) is 32.3 Å². The number of hydrogen-bond donors (Lipinski definition) is 2. The fourth-order valence-corrected chi connectivity index (χ4v) is 2.22. The Kier molecular flexibility index (Phi) is 3.38. The fourth-order valence-electron chi connectivity index (χ4n) is 2.22. The molecule has 1 aromatic heterocycles. The summed E-state index contributed by atoms with van der Waals surface area (Å²) in [5.74, 6) is 1.02. The Bertz CT molecular complexity index is 573. The lowest BCUT2D eigenvalue weighted by Crippen LogP contribution is -2.22. The van der Waals surface area contributed by atoms with E-state index in [4.69, 9.17) is 4.98 Å². The number of para-hydroxylation sites is 1. The van der Waals surface area contributed by atoms with Crippen LogP contribution in [0.3, 0.4) is 0 Å². The molecule has 19 heavy (non-hydrogen) atoms. The summed E-state index contributed by atoms with van der Waals surface area (Å²) in [7, 11) is 0. The van der Waals surface area contributed by atoms with Crippen LogP contribution < -0.4 is 10.6 Å². The van der Waals surface area contributed by atoms with Crippen LogP contribution in [0.2, 0.25) is 0 Å². The molecule has 1 aliphatic carbocycles. The van der Waals surface area contributed by atoms with E-state index in [0.717, 1.165) is 17.9 Å². The highest BCUT2D eigenvalue weighted by atomic mass is 15.0. The van der Waals surface area contributed by atoms with Crippen molar-refractivity contribution in [3.63, 3.8) is 0 Å². The maximum Gasteiger partial charge on any atom is 0.127 e. The molecule has 0 amide bonds. The molecule has 0 aliphatic heterocycles. The van der Waals surface area contributed by atoms with Crippen LogP contribution >= 0.6 is 0 Å². The molecular formula is C16H21N3. The number of aromatic nitrogens is 1. The molecule has 1 saturated carbocycles. The Morgan fingerprint density at radius 2 is 2.05 bits per heavy atom. The Hall–Kier alpha value is -1.61. The van der Waals surface area contributed by atoms with Gasteiger partial charge in [0.15, 0.2) is 0 Å². The van der Waals surface area contributed by atoms with Gasteiger partial charge >= 0.3 is 0 Å². The summed E-state index contributed by atoms with van der Waals surface area (Å²) in [6.45, 7) is 5.24. The van der Waals surface area contributed by atoms with Crippen LogP contribution in [0.25, 0.3) is 10.9 Å². The zero-order chi connectivity index (χ0) is 13.2. The quantitative estimate of drug-likeness (QED) is 0.860. The molecule has 3 nitrogen and oxygen atoms in total. The molecule has 3 rings (SSSR count). The minimum absolute atomic E-state index is 0.492. The number of fused-ring (bicyclic) bond motifs is 1. The summed E-state index contributed by atoms with van der Waals surface area (Å²) in [6.07, 6.45) is 2.54. The van der Waals surface area contributed by atoms with E-state index in [1.54, 1.807) is 0 Å². The van der Waals surface area contributed by atoms with E-state index in [2.05, 4.69) is 54.8 Å². The molecule has 1 heterocycles. The van der Waals surface area contributed by atoms with Gasteiger partial charge in [-0.25, -0.2) is 4.98 Å². The van der Waals surface area contributed by atoms with E-state index in [1.165, 1.54) is 23.8 Å². The Morgan fingerprint density at radius 3 is 2.79 bits per heavy atom. The first kappa shape index (κ1) is 12.4. The summed E-state index contributed by atoms with van der Waals surface area (Å²) < 4.78 is 0. The number of anilines is 1. The first-order valence-corrected chi connectivity index (χ1v) is 7.11. The molecule has 1 fully saturated rings. The van der Waals surface area contributed by atoms with E-state index in [1.807, 2.05) is 0 Å². The molecule has 2 aromatic rings. The van der Waals surface area contributed by atoms with Gasteiger partial charge in [-0.05, 0) is 30.5 Å². The zero-order valence-corrected chi connectivity index (χ0v) is 11.6. The Balaban J connectivity index is 1.94. The number of nitrogens with one attached hydrogen (secondary N) is 2. The first-order chi connectivity index (χ1) is 9.22. The number of rotatable bonds is 5. The monoisotopic (exact) mass is 255 g/mol. The summed E-state index contributed by atoms with van der Waals surface area (Å²) >= 11 is 0. The van der Waals surface area contributed by atoms with Crippen LogP contribution in [-0.2, 0) is 6.54 Å². The van der Waals surface area contributed by atoms with Crippen LogP contribution in [0.5, 0.6) is 0 Å². The lowest BCUT2D eigenvalue weighted by molar-refractivity contribution is 0.590. The highest BCUT2D eigenvalue weighted by Gasteiger charge is 2.21. The van der Waals surface area contributed by atoms with E-state index >= 15 is 0 Å². The molecule has 0 spiro atoms. The molecule has 0 bridgehead atoms. The van der Waals surface area contributed by atoms with Gasteiger partial charge in [0.2, 0.25) is 0 Å². The van der Waals surface area contributed by atoms with Crippen molar-refractivity contribution >= 4 is 16.7 Å². The van der Waals surface area contributed by atoms with Crippen molar-refractivity contribution in [3.8, 4) is 0 Å². The predicted octanol–water partition coefficient (Wildman–Crippen LogP) is 3.31. The number of benzene rings is 1. The van der Waals surface area contributed by atoms with Crippen molar-refractivity contribution in [2.24, 2.45) is 0 Å². The van der Waals surface area contributed by atoms with Gasteiger partial charge in [0, 0.05) is 24.0 Å². The van der Waals surface area contributed by atoms with Crippen molar-refractivity contribution in [1.29, 1.82) is 0 Å². The molecule has 0 radical (unpaired) electrons. The third-order valence-electron chi connectivity index (χ3n) is 3.43. The average molecular weight is 255 g/mol. The maximum absolute atomic E-state index is 4.70. The highest BCUT2D eigenvalue weighted by molar-refractivity contribution is 5.84. The zero-order valence-electron chi connectivity index (χ0n) is 11.6. The number of hydrogen-bond acceptors (Lipinski definition) is 3. The van der Waals surface area contributed by atoms with Crippen molar-refractivity contribution < 1.29 is 0 Å². The third kappa shape index (κ3) is 3.04. The van der Waals surface area contributed by atoms with E-state index < -0.39 is 0 Å². The minimum Gasteiger partial charge on any atom is -0.367 e. The molecule has 0 atom stereocenters. The van der Waals surface area contributed by atoms with Gasteiger partial charge in [0.1, 0.15) is 5.82 Å². The summed E-state index contributed by atoms with van der Waals surface area (Å²) in [6, 6.07) is 11.7. The highest BCUT2D eigenvalue weighted by Crippen LogP contribution is 2.26. The van der Waals surface area contributed by atoms with Crippen molar-refractivity contribution in [2.45, 2.75) is 45.3 Å². The largest absolute Gasteiger partial charge is 0.367 e.